The predicted molar refractivity (Wildman–Crippen MR) is 182 cm³/mol. The number of anilines is 1. The van der Waals surface area contributed by atoms with E-state index in [0.717, 1.165) is 33.8 Å². The van der Waals surface area contributed by atoms with Crippen molar-refractivity contribution in [3.63, 3.8) is 0 Å². The van der Waals surface area contributed by atoms with E-state index in [0.29, 0.717) is 24.6 Å². The second-order valence-electron chi connectivity index (χ2n) is 11.0. The molecule has 0 aliphatic rings. The van der Waals surface area contributed by atoms with Gasteiger partial charge in [-0.15, -0.1) is 0 Å². The van der Waals surface area contributed by atoms with Crippen molar-refractivity contribution in [3.05, 3.63) is 126 Å². The van der Waals surface area contributed by atoms with E-state index in [-0.39, 0.29) is 23.8 Å². The molecule has 0 saturated heterocycles. The largest absolute Gasteiger partial charge is 0.494 e. The standard InChI is InChI=1S/C37H43N3O5S/c1-4-6-25-38-37(42)35(26-30-16-9-7-10-17-30)39(27-31-18-14-13-15-29(31)3)36(41)28-40(32-21-23-33(24-22-32)45-5-2)46(43,44)34-19-11-8-12-20-34/h7-24,35H,4-6,25-28H2,1-3H3,(H,38,42)/t35-/m1/s1. The number of sulfonamides is 1. The average Bonchev–Trinajstić information content (AvgIpc) is 3.07. The van der Waals surface area contributed by atoms with Crippen LogP contribution < -0.4 is 14.4 Å². The Kier molecular flexibility index (Phi) is 12.4. The fraction of sp³-hybridized carbons (Fsp3) is 0.297. The van der Waals surface area contributed by atoms with E-state index in [4.69, 9.17) is 4.74 Å². The molecule has 0 aliphatic carbocycles. The molecule has 0 radical (unpaired) electrons. The maximum atomic E-state index is 14.6. The molecule has 0 unspecified atom stereocenters. The van der Waals surface area contributed by atoms with Gasteiger partial charge in [-0.1, -0.05) is 86.1 Å². The smallest absolute Gasteiger partial charge is 0.264 e. The van der Waals surface area contributed by atoms with Crippen molar-refractivity contribution < 1.29 is 22.7 Å². The first-order valence-corrected chi connectivity index (χ1v) is 17.1. The zero-order chi connectivity index (χ0) is 32.9. The molecule has 242 valence electrons. The Morgan fingerprint density at radius 2 is 1.46 bits per heavy atom. The maximum absolute atomic E-state index is 14.6. The van der Waals surface area contributed by atoms with Crippen LogP contribution in [0.5, 0.6) is 5.75 Å². The maximum Gasteiger partial charge on any atom is 0.264 e. The van der Waals surface area contributed by atoms with Crippen LogP contribution in [0, 0.1) is 6.92 Å². The van der Waals surface area contributed by atoms with Crippen molar-refractivity contribution in [1.29, 1.82) is 0 Å². The quantitative estimate of drug-likeness (QED) is 0.148. The number of hydrogen-bond donors (Lipinski definition) is 1. The van der Waals surface area contributed by atoms with Crippen molar-refractivity contribution in [2.75, 3.05) is 24.0 Å². The Bertz CT molecular complexity index is 1660. The number of carbonyl (C=O) groups is 2. The lowest BCUT2D eigenvalue weighted by Crippen LogP contribution is -2.53. The van der Waals surface area contributed by atoms with Gasteiger partial charge in [0.05, 0.1) is 17.2 Å². The molecule has 0 saturated carbocycles. The summed E-state index contributed by atoms with van der Waals surface area (Å²) in [5.74, 6) is -0.191. The SMILES string of the molecule is CCCCNC(=O)[C@@H](Cc1ccccc1)N(Cc1ccccc1C)C(=O)CN(c1ccc(OCC)cc1)S(=O)(=O)c1ccccc1. The molecule has 0 fully saturated rings. The Morgan fingerprint density at radius 1 is 0.826 bits per heavy atom. The highest BCUT2D eigenvalue weighted by molar-refractivity contribution is 7.92. The topological polar surface area (TPSA) is 96.0 Å². The molecule has 4 rings (SSSR count). The summed E-state index contributed by atoms with van der Waals surface area (Å²) < 4.78 is 34.9. The number of nitrogens with one attached hydrogen (secondary N) is 1. The van der Waals surface area contributed by atoms with Gasteiger partial charge in [-0.25, -0.2) is 8.42 Å². The minimum atomic E-state index is -4.17. The normalized spacial score (nSPS) is 11.8. The second kappa shape index (κ2) is 16.6. The van der Waals surface area contributed by atoms with E-state index in [9.17, 15) is 18.0 Å². The minimum Gasteiger partial charge on any atom is -0.494 e. The fourth-order valence-corrected chi connectivity index (χ4v) is 6.59. The van der Waals surface area contributed by atoms with E-state index in [2.05, 4.69) is 5.32 Å². The third-order valence-electron chi connectivity index (χ3n) is 7.75. The summed E-state index contributed by atoms with van der Waals surface area (Å²) in [5.41, 5.74) is 3.03. The van der Waals surface area contributed by atoms with Gasteiger partial charge in [0.1, 0.15) is 18.3 Å². The number of aryl methyl sites for hydroxylation is 1. The third kappa shape index (κ3) is 8.97. The minimum absolute atomic E-state index is 0.0558. The second-order valence-corrected chi connectivity index (χ2v) is 12.9. The van der Waals surface area contributed by atoms with Crippen LogP contribution in [-0.2, 0) is 32.6 Å². The van der Waals surface area contributed by atoms with Crippen molar-refractivity contribution in [1.82, 2.24) is 10.2 Å². The number of benzene rings is 4. The molecule has 4 aromatic rings. The Morgan fingerprint density at radius 3 is 2.09 bits per heavy atom. The molecule has 0 spiro atoms. The van der Waals surface area contributed by atoms with Crippen LogP contribution in [0.3, 0.4) is 0 Å². The molecule has 4 aromatic carbocycles. The predicted octanol–water partition coefficient (Wildman–Crippen LogP) is 6.15. The molecule has 9 heteroatoms. The number of carbonyl (C=O) groups excluding carboxylic acids is 2. The van der Waals surface area contributed by atoms with Gasteiger partial charge in [0.2, 0.25) is 11.8 Å². The van der Waals surface area contributed by atoms with Gasteiger partial charge in [-0.05, 0) is 73.4 Å². The van der Waals surface area contributed by atoms with Gasteiger partial charge < -0.3 is 15.0 Å². The average molecular weight is 642 g/mol. The first-order valence-electron chi connectivity index (χ1n) is 15.7. The molecule has 8 nitrogen and oxygen atoms in total. The number of rotatable bonds is 16. The van der Waals surface area contributed by atoms with E-state index >= 15 is 0 Å². The van der Waals surface area contributed by atoms with E-state index in [1.807, 2.05) is 75.4 Å². The number of amides is 2. The zero-order valence-electron chi connectivity index (χ0n) is 26.8. The van der Waals surface area contributed by atoms with Crippen molar-refractivity contribution in [3.8, 4) is 5.75 Å². The summed E-state index contributed by atoms with van der Waals surface area (Å²) in [5, 5.41) is 3.02. The Labute approximate surface area is 273 Å². The van der Waals surface area contributed by atoms with E-state index in [1.165, 1.54) is 17.0 Å². The molecule has 1 N–H and O–H groups in total. The fourth-order valence-electron chi connectivity index (χ4n) is 5.15. The third-order valence-corrected chi connectivity index (χ3v) is 9.54. The molecule has 1 atom stereocenters. The van der Waals surface area contributed by atoms with Crippen LogP contribution >= 0.6 is 0 Å². The summed E-state index contributed by atoms with van der Waals surface area (Å²) in [7, 11) is -4.17. The van der Waals surface area contributed by atoms with Gasteiger partial charge in [-0.3, -0.25) is 13.9 Å². The van der Waals surface area contributed by atoms with Gasteiger partial charge >= 0.3 is 0 Å². The molecule has 0 bridgehead atoms. The molecular weight excluding hydrogens is 598 g/mol. The lowest BCUT2D eigenvalue weighted by molar-refractivity contribution is -0.140. The van der Waals surface area contributed by atoms with Crippen LogP contribution in [0.1, 0.15) is 43.4 Å². The monoisotopic (exact) mass is 641 g/mol. The van der Waals surface area contributed by atoms with Crippen LogP contribution in [0.25, 0.3) is 0 Å². The van der Waals surface area contributed by atoms with E-state index in [1.54, 1.807) is 42.5 Å². The Balaban J connectivity index is 1.79. The summed E-state index contributed by atoms with van der Waals surface area (Å²) in [6, 6.07) is 31.0. The van der Waals surface area contributed by atoms with Crippen LogP contribution in [0.15, 0.2) is 114 Å². The number of hydrogen-bond acceptors (Lipinski definition) is 5. The van der Waals surface area contributed by atoms with Gasteiger partial charge in [0, 0.05) is 19.5 Å². The van der Waals surface area contributed by atoms with E-state index < -0.39 is 28.5 Å². The summed E-state index contributed by atoms with van der Waals surface area (Å²) in [6.45, 7) is 6.43. The highest BCUT2D eigenvalue weighted by Gasteiger charge is 2.34. The molecule has 0 aromatic heterocycles. The van der Waals surface area contributed by atoms with Crippen LogP contribution in [-0.4, -0.2) is 50.9 Å². The van der Waals surface area contributed by atoms with Crippen molar-refractivity contribution in [2.24, 2.45) is 0 Å². The first kappa shape index (κ1) is 34.2. The molecule has 2 amide bonds. The lowest BCUT2D eigenvalue weighted by atomic mass is 10.0. The summed E-state index contributed by atoms with van der Waals surface area (Å²) in [6.07, 6.45) is 1.98. The highest BCUT2D eigenvalue weighted by Crippen LogP contribution is 2.27. The lowest BCUT2D eigenvalue weighted by Gasteiger charge is -2.34. The summed E-state index contributed by atoms with van der Waals surface area (Å²) in [4.78, 5) is 30.0. The van der Waals surface area contributed by atoms with Crippen LogP contribution in [0.4, 0.5) is 5.69 Å². The Hall–Kier alpha value is -4.63. The van der Waals surface area contributed by atoms with Gasteiger partial charge in [0.15, 0.2) is 0 Å². The number of unbranched alkanes of at least 4 members (excludes halogenated alkanes) is 1. The number of ether oxygens (including phenoxy) is 1. The summed E-state index contributed by atoms with van der Waals surface area (Å²) >= 11 is 0. The van der Waals surface area contributed by atoms with Crippen molar-refractivity contribution >= 4 is 27.5 Å². The van der Waals surface area contributed by atoms with Crippen LogP contribution in [0.2, 0.25) is 0 Å². The zero-order valence-corrected chi connectivity index (χ0v) is 27.6. The number of nitrogens with zero attached hydrogens (tertiary/aromatic N) is 2. The molecule has 0 aliphatic heterocycles. The molecular formula is C37H43N3O5S. The van der Waals surface area contributed by atoms with Crippen molar-refractivity contribution in [2.45, 2.75) is 57.5 Å². The highest BCUT2D eigenvalue weighted by atomic mass is 32.2. The first-order chi connectivity index (χ1) is 22.2. The molecule has 46 heavy (non-hydrogen) atoms. The van der Waals surface area contributed by atoms with Gasteiger partial charge in [-0.2, -0.15) is 0 Å². The van der Waals surface area contributed by atoms with Gasteiger partial charge in [0.25, 0.3) is 10.0 Å². The molecule has 0 heterocycles.